The van der Waals surface area contributed by atoms with Crippen LogP contribution in [-0.2, 0) is 0 Å². The van der Waals surface area contributed by atoms with Gasteiger partial charge in [-0.1, -0.05) is 176 Å². The Labute approximate surface area is 396 Å². The molecule has 322 valence electrons. The summed E-state index contributed by atoms with van der Waals surface area (Å²) in [7, 11) is 0. The molecule has 6 nitrogen and oxygen atoms in total. The van der Waals surface area contributed by atoms with Crippen molar-refractivity contribution in [3.8, 4) is 73.2 Å². The van der Waals surface area contributed by atoms with Gasteiger partial charge in [-0.15, -0.1) is 0 Å². The molecular formula is C63H38N4O2. The molecule has 0 atom stereocenters. The fourth-order valence-electron chi connectivity index (χ4n) is 10.2. The monoisotopic (exact) mass is 882 g/mol. The molecule has 6 heteroatoms. The number of hydrogen-bond acceptors (Lipinski definition) is 5. The smallest absolute Gasteiger partial charge is 0.164 e. The van der Waals surface area contributed by atoms with Crippen LogP contribution in [0.5, 0.6) is 0 Å². The van der Waals surface area contributed by atoms with Crippen molar-refractivity contribution in [3.05, 3.63) is 231 Å². The van der Waals surface area contributed by atoms with E-state index < -0.39 is 0 Å². The van der Waals surface area contributed by atoms with Gasteiger partial charge in [-0.05, 0) is 82.4 Å². The highest BCUT2D eigenvalue weighted by Crippen LogP contribution is 2.44. The van der Waals surface area contributed by atoms with Gasteiger partial charge in [0.25, 0.3) is 0 Å². The Morgan fingerprint density at radius 3 is 1.62 bits per heavy atom. The number of rotatable bonds is 7. The molecule has 0 radical (unpaired) electrons. The second-order valence-corrected chi connectivity index (χ2v) is 17.5. The first-order chi connectivity index (χ1) is 34.2. The van der Waals surface area contributed by atoms with Crippen molar-refractivity contribution >= 4 is 65.7 Å². The second kappa shape index (κ2) is 15.6. The van der Waals surface area contributed by atoms with E-state index in [1.165, 1.54) is 21.9 Å². The maximum Gasteiger partial charge on any atom is 0.164 e. The molecule has 4 heterocycles. The van der Waals surface area contributed by atoms with Crippen LogP contribution in [0.3, 0.4) is 0 Å². The molecule has 0 saturated heterocycles. The summed E-state index contributed by atoms with van der Waals surface area (Å²) < 4.78 is 15.9. The molecular weight excluding hydrogens is 845 g/mol. The van der Waals surface area contributed by atoms with Crippen molar-refractivity contribution < 1.29 is 8.83 Å². The van der Waals surface area contributed by atoms with Gasteiger partial charge in [0.05, 0.1) is 11.0 Å². The van der Waals surface area contributed by atoms with Crippen LogP contribution < -0.4 is 0 Å². The van der Waals surface area contributed by atoms with E-state index in [4.69, 9.17) is 23.8 Å². The summed E-state index contributed by atoms with van der Waals surface area (Å²) >= 11 is 0. The van der Waals surface area contributed by atoms with Crippen LogP contribution in [0.2, 0.25) is 0 Å². The summed E-state index contributed by atoms with van der Waals surface area (Å²) in [6, 6.07) is 80.3. The fraction of sp³-hybridized carbons (Fsp3) is 0. The molecule has 0 aliphatic heterocycles. The Morgan fingerprint density at radius 2 is 0.855 bits per heavy atom. The molecule has 14 aromatic rings. The van der Waals surface area contributed by atoms with Crippen LogP contribution in [0.1, 0.15) is 0 Å². The zero-order valence-electron chi connectivity index (χ0n) is 37.0. The highest BCUT2D eigenvalue weighted by molar-refractivity contribution is 6.16. The van der Waals surface area contributed by atoms with Gasteiger partial charge in [0.2, 0.25) is 0 Å². The zero-order chi connectivity index (χ0) is 45.4. The van der Waals surface area contributed by atoms with Crippen molar-refractivity contribution in [2.75, 3.05) is 0 Å². The highest BCUT2D eigenvalue weighted by Gasteiger charge is 2.22. The van der Waals surface area contributed by atoms with Crippen LogP contribution in [0.25, 0.3) is 139 Å². The molecule has 10 aromatic carbocycles. The van der Waals surface area contributed by atoms with Gasteiger partial charge < -0.3 is 13.4 Å². The summed E-state index contributed by atoms with van der Waals surface area (Å²) in [4.78, 5) is 15.6. The second-order valence-electron chi connectivity index (χ2n) is 17.5. The van der Waals surface area contributed by atoms with Crippen molar-refractivity contribution in [2.45, 2.75) is 0 Å². The van der Waals surface area contributed by atoms with E-state index in [0.29, 0.717) is 17.5 Å². The number of fused-ring (bicyclic) bond motifs is 9. The largest absolute Gasteiger partial charge is 0.456 e. The van der Waals surface area contributed by atoms with Crippen molar-refractivity contribution in [1.29, 1.82) is 0 Å². The summed E-state index contributed by atoms with van der Waals surface area (Å²) in [6.45, 7) is 0. The lowest BCUT2D eigenvalue weighted by Crippen LogP contribution is -2.00. The molecule has 69 heavy (non-hydrogen) atoms. The summed E-state index contributed by atoms with van der Waals surface area (Å²) in [5, 5.41) is 6.41. The highest BCUT2D eigenvalue weighted by atomic mass is 16.3. The molecule has 14 rings (SSSR count). The van der Waals surface area contributed by atoms with E-state index in [-0.39, 0.29) is 0 Å². The maximum absolute atomic E-state index is 6.88. The van der Waals surface area contributed by atoms with Crippen LogP contribution in [0.4, 0.5) is 0 Å². The number of aromatic nitrogens is 4. The lowest BCUT2D eigenvalue weighted by molar-refractivity contribution is 0.668. The molecule has 0 N–H and O–H groups in total. The van der Waals surface area contributed by atoms with Gasteiger partial charge >= 0.3 is 0 Å². The van der Waals surface area contributed by atoms with Crippen molar-refractivity contribution in [3.63, 3.8) is 0 Å². The zero-order valence-corrected chi connectivity index (χ0v) is 37.0. The van der Waals surface area contributed by atoms with E-state index in [0.717, 1.165) is 99.5 Å². The Hall–Kier alpha value is -9.39. The molecule has 0 saturated carbocycles. The third-order valence-electron chi connectivity index (χ3n) is 13.5. The minimum atomic E-state index is 0.549. The summed E-state index contributed by atoms with van der Waals surface area (Å²) in [5.74, 6) is 1.72. The van der Waals surface area contributed by atoms with Gasteiger partial charge in [-0.25, -0.2) is 15.0 Å². The molecule has 0 fully saturated rings. The van der Waals surface area contributed by atoms with Crippen LogP contribution in [0.15, 0.2) is 239 Å². The first-order valence-electron chi connectivity index (χ1n) is 23.2. The topological polar surface area (TPSA) is 69.9 Å². The molecule has 0 unspecified atom stereocenters. The number of benzene rings is 10. The van der Waals surface area contributed by atoms with Crippen LogP contribution in [0, 0.1) is 0 Å². The quantitative estimate of drug-likeness (QED) is 0.159. The molecule has 0 spiro atoms. The van der Waals surface area contributed by atoms with Gasteiger partial charge in [0.1, 0.15) is 22.3 Å². The number of para-hydroxylation sites is 3. The van der Waals surface area contributed by atoms with Gasteiger partial charge in [0, 0.05) is 60.3 Å². The van der Waals surface area contributed by atoms with Crippen LogP contribution >= 0.6 is 0 Å². The molecule has 0 aliphatic carbocycles. The van der Waals surface area contributed by atoms with E-state index in [1.807, 2.05) is 54.6 Å². The van der Waals surface area contributed by atoms with Crippen molar-refractivity contribution in [1.82, 2.24) is 19.5 Å². The Bertz CT molecular complexity index is 4290. The van der Waals surface area contributed by atoms with Crippen molar-refractivity contribution in [2.24, 2.45) is 0 Å². The van der Waals surface area contributed by atoms with Gasteiger partial charge in [-0.2, -0.15) is 0 Å². The Balaban J connectivity index is 0.942. The normalized spacial score (nSPS) is 11.8. The van der Waals surface area contributed by atoms with E-state index in [9.17, 15) is 0 Å². The minimum Gasteiger partial charge on any atom is -0.456 e. The standard InChI is InChI=1S/C63H38N4O2/c1-4-15-39(16-5-1)41-27-29-43(30-28-41)62-64-61(42-19-8-3-9-20-42)65-63(66-62)53-36-45(37-58-59(53)50-22-11-13-26-56(50)68-58)47-23-14-24-49-52-38-46(32-34-57(52)69-60(47)49)67-54-25-12-10-21-48(54)51-35-44(31-33-55(51)67)40-17-6-2-7-18-40/h1-38H. The molecule has 0 aliphatic rings. The third-order valence-corrected chi connectivity index (χ3v) is 13.5. The lowest BCUT2D eigenvalue weighted by Gasteiger charge is -2.11. The Kier molecular flexibility index (Phi) is 8.79. The molecule has 0 bridgehead atoms. The minimum absolute atomic E-state index is 0.549. The number of furan rings is 2. The van der Waals surface area contributed by atoms with Gasteiger partial charge in [-0.3, -0.25) is 0 Å². The first-order valence-corrected chi connectivity index (χ1v) is 23.2. The maximum atomic E-state index is 6.88. The first kappa shape index (κ1) is 38.8. The Morgan fingerprint density at radius 1 is 0.290 bits per heavy atom. The van der Waals surface area contributed by atoms with E-state index >= 15 is 0 Å². The fourth-order valence-corrected chi connectivity index (χ4v) is 10.2. The summed E-state index contributed by atoms with van der Waals surface area (Å²) in [5.41, 5.74) is 15.6. The predicted octanol–water partition coefficient (Wildman–Crippen LogP) is 16.8. The SMILES string of the molecule is c1ccc(-c2ccc(-c3nc(-c4ccccc4)nc(-c4cc(-c5cccc6c5oc5ccc(-n7c8ccccc8c8cc(-c9ccccc9)ccc87)cc56)cc5oc6ccccc6c45)n3)cc2)cc1. The average Bonchev–Trinajstić information content (AvgIpc) is 4.10. The van der Waals surface area contributed by atoms with Crippen LogP contribution in [-0.4, -0.2) is 19.5 Å². The van der Waals surface area contributed by atoms with E-state index in [1.54, 1.807) is 0 Å². The van der Waals surface area contributed by atoms with Gasteiger partial charge in [0.15, 0.2) is 17.5 Å². The molecule has 0 amide bonds. The summed E-state index contributed by atoms with van der Waals surface area (Å²) in [6.07, 6.45) is 0. The number of nitrogens with zero attached hydrogens (tertiary/aromatic N) is 4. The predicted molar refractivity (Wildman–Crippen MR) is 281 cm³/mol. The van der Waals surface area contributed by atoms with E-state index in [2.05, 4.69) is 180 Å². The lowest BCUT2D eigenvalue weighted by atomic mass is 9.96. The number of hydrogen-bond donors (Lipinski definition) is 0. The molecule has 4 aromatic heterocycles. The average molecular weight is 883 g/mol. The third kappa shape index (κ3) is 6.45.